The smallest absolute Gasteiger partial charge is 0.287 e. The minimum absolute atomic E-state index is 0.0179. The van der Waals surface area contributed by atoms with Gasteiger partial charge in [0.05, 0.1) is 28.2 Å². The van der Waals surface area contributed by atoms with Gasteiger partial charge in [-0.2, -0.15) is 0 Å². The van der Waals surface area contributed by atoms with Crippen LogP contribution in [0.15, 0.2) is 58.5 Å². The van der Waals surface area contributed by atoms with E-state index in [1.165, 1.54) is 4.90 Å². The first-order valence-corrected chi connectivity index (χ1v) is 17.2. The zero-order valence-corrected chi connectivity index (χ0v) is 28.7. The number of rotatable bonds is 9. The summed E-state index contributed by atoms with van der Waals surface area (Å²) in [5, 5.41) is 17.2. The van der Waals surface area contributed by atoms with Crippen molar-refractivity contribution in [2.24, 2.45) is 11.1 Å². The number of β-amino-alcohol motifs (C(OH)–C–C–N with tert-alkyl or cyclic N) is 1. The second kappa shape index (κ2) is 13.3. The fraction of sp³-hybridized carbons (Fsp3) is 0.444. The molecule has 1 saturated heterocycles. The van der Waals surface area contributed by atoms with Gasteiger partial charge in [-0.15, -0.1) is 11.3 Å². The molecule has 1 aliphatic carbocycles. The number of ether oxygens (including phenoxy) is 1. The van der Waals surface area contributed by atoms with Gasteiger partial charge in [0.15, 0.2) is 5.76 Å². The van der Waals surface area contributed by atoms with Crippen LogP contribution in [0.5, 0.6) is 5.75 Å². The van der Waals surface area contributed by atoms with Crippen LogP contribution in [-0.2, 0) is 9.59 Å². The number of hydrogen-bond acceptors (Lipinski definition) is 9. The number of aliphatic hydroxyl groups excluding tert-OH is 1. The van der Waals surface area contributed by atoms with Crippen molar-refractivity contribution in [1.82, 2.24) is 20.5 Å². The SMILES string of the molecule is Cc1ncsc1-c1ccc([C@H](C)NC(=O)[C@@H]2C[C@@H](O)CN2C(=O)[C@@H](NC(=O)c2cc3cc(O[C@H]4C[C@@H](N)C4)ccc3o2)C(C)(C)C)cc1. The second-order valence-corrected chi connectivity index (χ2v) is 14.9. The number of likely N-dealkylation sites (tertiary alicyclic amines) is 1. The molecular weight excluding hydrogens is 630 g/mol. The molecule has 3 amide bonds. The molecule has 4 atom stereocenters. The average molecular weight is 674 g/mol. The summed E-state index contributed by atoms with van der Waals surface area (Å²) in [5.74, 6) is -0.652. The van der Waals surface area contributed by atoms with Gasteiger partial charge in [0.1, 0.15) is 29.5 Å². The quantitative estimate of drug-likeness (QED) is 0.199. The van der Waals surface area contributed by atoms with Gasteiger partial charge in [0, 0.05) is 24.4 Å². The Morgan fingerprint density at radius 1 is 1.08 bits per heavy atom. The van der Waals surface area contributed by atoms with Crippen LogP contribution in [0, 0.1) is 12.3 Å². The van der Waals surface area contributed by atoms with E-state index in [0.29, 0.717) is 16.7 Å². The highest BCUT2D eigenvalue weighted by Crippen LogP contribution is 2.31. The molecule has 4 aromatic rings. The lowest BCUT2D eigenvalue weighted by atomic mass is 9.85. The lowest BCUT2D eigenvalue weighted by Crippen LogP contribution is -2.57. The summed E-state index contributed by atoms with van der Waals surface area (Å²) in [7, 11) is 0. The summed E-state index contributed by atoms with van der Waals surface area (Å²) in [5.41, 5.74) is 10.4. The molecule has 0 unspecified atom stereocenters. The summed E-state index contributed by atoms with van der Waals surface area (Å²) in [6.45, 7) is 9.35. The Morgan fingerprint density at radius 3 is 2.46 bits per heavy atom. The van der Waals surface area contributed by atoms with Gasteiger partial charge in [-0.05, 0) is 67.5 Å². The van der Waals surface area contributed by atoms with Crippen molar-refractivity contribution < 1.29 is 28.6 Å². The maximum absolute atomic E-state index is 14.1. The summed E-state index contributed by atoms with van der Waals surface area (Å²) >= 11 is 1.58. The molecule has 2 aromatic heterocycles. The van der Waals surface area contributed by atoms with Gasteiger partial charge in [0.2, 0.25) is 11.8 Å². The third kappa shape index (κ3) is 7.11. The molecule has 2 aromatic carbocycles. The molecular formula is C36H43N5O6S. The maximum atomic E-state index is 14.1. The number of aliphatic hydroxyl groups is 1. The van der Waals surface area contributed by atoms with Crippen molar-refractivity contribution in [3.8, 4) is 16.2 Å². The van der Waals surface area contributed by atoms with E-state index >= 15 is 0 Å². The zero-order chi connectivity index (χ0) is 34.3. The highest BCUT2D eigenvalue weighted by Gasteiger charge is 2.45. The van der Waals surface area contributed by atoms with Crippen LogP contribution in [0.4, 0.5) is 0 Å². The summed E-state index contributed by atoms with van der Waals surface area (Å²) in [6.07, 6.45) is 0.906. The normalized spacial score (nSPS) is 22.2. The lowest BCUT2D eigenvalue weighted by molar-refractivity contribution is -0.142. The molecule has 0 bridgehead atoms. The number of fused-ring (bicyclic) bond motifs is 1. The molecule has 6 rings (SSSR count). The van der Waals surface area contributed by atoms with Gasteiger partial charge in [-0.1, -0.05) is 45.0 Å². The zero-order valence-electron chi connectivity index (χ0n) is 27.9. The largest absolute Gasteiger partial charge is 0.490 e. The summed E-state index contributed by atoms with van der Waals surface area (Å²) in [4.78, 5) is 48.0. The van der Waals surface area contributed by atoms with Gasteiger partial charge < -0.3 is 35.5 Å². The maximum Gasteiger partial charge on any atom is 0.287 e. The van der Waals surface area contributed by atoms with Crippen molar-refractivity contribution >= 4 is 40.0 Å². The Balaban J connectivity index is 1.13. The number of benzene rings is 2. The predicted molar refractivity (Wildman–Crippen MR) is 184 cm³/mol. The topological polar surface area (TPSA) is 160 Å². The number of aryl methyl sites for hydroxylation is 1. The van der Waals surface area contributed by atoms with Crippen LogP contribution in [0.1, 0.15) is 74.8 Å². The van der Waals surface area contributed by atoms with E-state index in [4.69, 9.17) is 14.9 Å². The minimum Gasteiger partial charge on any atom is -0.490 e. The van der Waals surface area contributed by atoms with Crippen LogP contribution in [0.3, 0.4) is 0 Å². The number of nitrogens with zero attached hydrogens (tertiary/aromatic N) is 2. The van der Waals surface area contributed by atoms with Gasteiger partial charge in [-0.3, -0.25) is 14.4 Å². The number of carbonyl (C=O) groups is 3. The standard InChI is InChI=1S/C36H43N5O6S/c1-19(21-6-8-22(9-7-21)31-20(2)38-18-48-31)39-33(43)28-16-25(42)17-41(28)35(45)32(36(3,4)5)40-34(44)30-13-23-12-26(10-11-29(23)47-30)46-27-14-24(37)15-27/h6-13,18-19,24-25,27-28,32,42H,14-17,37H2,1-5H3,(H,39,43)(H,40,44)/t19-,24-,25+,27+,28-,32+/m0/s1. The third-order valence-electron chi connectivity index (χ3n) is 9.18. The van der Waals surface area contributed by atoms with Crippen LogP contribution in [-0.4, -0.2) is 69.6 Å². The number of nitrogens with one attached hydrogen (secondary N) is 2. The number of aromatic nitrogens is 1. The van der Waals surface area contributed by atoms with Crippen LogP contribution in [0.25, 0.3) is 21.4 Å². The lowest BCUT2D eigenvalue weighted by Gasteiger charge is -2.35. The number of carbonyl (C=O) groups excluding carboxylic acids is 3. The number of furan rings is 1. The molecule has 11 nitrogen and oxygen atoms in total. The molecule has 0 radical (unpaired) electrons. The monoisotopic (exact) mass is 673 g/mol. The Bertz CT molecular complexity index is 1810. The van der Waals surface area contributed by atoms with Gasteiger partial charge >= 0.3 is 0 Å². The van der Waals surface area contributed by atoms with E-state index in [2.05, 4.69) is 15.6 Å². The Hall–Kier alpha value is -4.26. The number of nitrogens with two attached hydrogens (primary N) is 1. The third-order valence-corrected chi connectivity index (χ3v) is 10.2. The fourth-order valence-electron chi connectivity index (χ4n) is 6.32. The Morgan fingerprint density at radius 2 is 1.81 bits per heavy atom. The molecule has 1 aliphatic heterocycles. The molecule has 48 heavy (non-hydrogen) atoms. The fourth-order valence-corrected chi connectivity index (χ4v) is 7.13. The van der Waals surface area contributed by atoms with E-state index in [1.807, 2.05) is 70.5 Å². The first kappa shape index (κ1) is 33.6. The van der Waals surface area contributed by atoms with E-state index < -0.39 is 35.4 Å². The number of amides is 3. The summed E-state index contributed by atoms with van der Waals surface area (Å²) in [6, 6.07) is 12.9. The van der Waals surface area contributed by atoms with E-state index in [0.717, 1.165) is 34.5 Å². The van der Waals surface area contributed by atoms with Crippen LogP contribution < -0.4 is 21.1 Å². The molecule has 2 aliphatic rings. The molecule has 0 spiro atoms. The average Bonchev–Trinajstić information content (AvgIpc) is 3.76. The first-order valence-electron chi connectivity index (χ1n) is 16.3. The molecule has 12 heteroatoms. The number of thiazole rings is 1. The van der Waals surface area contributed by atoms with Crippen molar-refractivity contribution in [2.75, 3.05) is 6.54 Å². The molecule has 5 N–H and O–H groups in total. The minimum atomic E-state index is -0.999. The van der Waals surface area contributed by atoms with Crippen molar-refractivity contribution in [3.63, 3.8) is 0 Å². The highest BCUT2D eigenvalue weighted by atomic mass is 32.1. The molecule has 3 heterocycles. The number of hydrogen-bond donors (Lipinski definition) is 4. The van der Waals surface area contributed by atoms with E-state index in [-0.39, 0.29) is 42.8 Å². The van der Waals surface area contributed by atoms with E-state index in [1.54, 1.807) is 29.5 Å². The van der Waals surface area contributed by atoms with Crippen molar-refractivity contribution in [3.05, 3.63) is 71.1 Å². The highest BCUT2D eigenvalue weighted by molar-refractivity contribution is 7.13. The van der Waals surface area contributed by atoms with Crippen LogP contribution in [0.2, 0.25) is 0 Å². The Kier molecular flexibility index (Phi) is 9.34. The van der Waals surface area contributed by atoms with Crippen LogP contribution >= 0.6 is 11.3 Å². The van der Waals surface area contributed by atoms with Gasteiger partial charge in [0.25, 0.3) is 5.91 Å². The van der Waals surface area contributed by atoms with Gasteiger partial charge in [-0.25, -0.2) is 4.98 Å². The van der Waals surface area contributed by atoms with Crippen molar-refractivity contribution in [2.45, 2.75) is 90.3 Å². The molecule has 1 saturated carbocycles. The molecule has 254 valence electrons. The summed E-state index contributed by atoms with van der Waals surface area (Å²) < 4.78 is 11.8. The van der Waals surface area contributed by atoms with Crippen molar-refractivity contribution in [1.29, 1.82) is 0 Å². The predicted octanol–water partition coefficient (Wildman–Crippen LogP) is 4.72. The molecule has 2 fully saturated rings. The van der Waals surface area contributed by atoms with E-state index in [9.17, 15) is 19.5 Å². The second-order valence-electron chi connectivity index (χ2n) is 14.1. The first-order chi connectivity index (χ1) is 22.8. The Labute approximate surface area is 283 Å².